The average Bonchev–Trinajstić information content (AvgIpc) is 2.54. The van der Waals surface area contributed by atoms with Crippen molar-refractivity contribution in [3.05, 3.63) is 53.1 Å². The number of benzene rings is 1. The third-order valence-electron chi connectivity index (χ3n) is 3.16. The SMILES string of the molecule is CCCOc1cncc(-c2n[nH]c(=O)c3ccccc23)c1. The Bertz CT molecular complexity index is 827. The van der Waals surface area contributed by atoms with Crippen LogP contribution in [0.3, 0.4) is 0 Å². The largest absolute Gasteiger partial charge is 0.492 e. The lowest BCUT2D eigenvalue weighted by molar-refractivity contribution is 0.316. The molecule has 0 bridgehead atoms. The Kier molecular flexibility index (Phi) is 3.64. The van der Waals surface area contributed by atoms with E-state index in [0.29, 0.717) is 23.4 Å². The standard InChI is InChI=1S/C16H15N3O2/c1-2-7-21-12-8-11(9-17-10-12)15-13-5-3-4-6-14(13)16(20)19-18-15/h3-6,8-10H,2,7H2,1H3,(H,19,20). The highest BCUT2D eigenvalue weighted by atomic mass is 16.5. The van der Waals surface area contributed by atoms with E-state index < -0.39 is 0 Å². The van der Waals surface area contributed by atoms with Crippen molar-refractivity contribution in [3.63, 3.8) is 0 Å². The summed E-state index contributed by atoms with van der Waals surface area (Å²) < 4.78 is 5.59. The van der Waals surface area contributed by atoms with Crippen LogP contribution in [0.2, 0.25) is 0 Å². The molecule has 0 unspecified atom stereocenters. The van der Waals surface area contributed by atoms with Crippen molar-refractivity contribution in [2.24, 2.45) is 0 Å². The van der Waals surface area contributed by atoms with Gasteiger partial charge in [-0.25, -0.2) is 5.10 Å². The molecule has 1 N–H and O–H groups in total. The minimum absolute atomic E-state index is 0.194. The van der Waals surface area contributed by atoms with Crippen molar-refractivity contribution in [1.82, 2.24) is 15.2 Å². The van der Waals surface area contributed by atoms with Gasteiger partial charge in [0, 0.05) is 17.1 Å². The molecule has 2 aromatic heterocycles. The quantitative estimate of drug-likeness (QED) is 0.798. The second kappa shape index (κ2) is 5.75. The van der Waals surface area contributed by atoms with Gasteiger partial charge < -0.3 is 4.74 Å². The number of aromatic nitrogens is 3. The number of rotatable bonds is 4. The lowest BCUT2D eigenvalue weighted by Crippen LogP contribution is -2.09. The van der Waals surface area contributed by atoms with Gasteiger partial charge in [0.1, 0.15) is 11.4 Å². The number of hydrogen-bond donors (Lipinski definition) is 1. The Balaban J connectivity index is 2.12. The van der Waals surface area contributed by atoms with Gasteiger partial charge in [0.15, 0.2) is 0 Å². The highest BCUT2D eigenvalue weighted by Gasteiger charge is 2.09. The van der Waals surface area contributed by atoms with Crippen molar-refractivity contribution >= 4 is 10.8 Å². The van der Waals surface area contributed by atoms with Gasteiger partial charge in [-0.1, -0.05) is 25.1 Å². The molecule has 0 aliphatic heterocycles. The average molecular weight is 281 g/mol. The van der Waals surface area contributed by atoms with Gasteiger partial charge in [0.25, 0.3) is 5.56 Å². The predicted molar refractivity (Wildman–Crippen MR) is 81.4 cm³/mol. The fourth-order valence-corrected chi connectivity index (χ4v) is 2.18. The minimum atomic E-state index is -0.194. The van der Waals surface area contributed by atoms with Crippen LogP contribution in [0.25, 0.3) is 22.0 Å². The van der Waals surface area contributed by atoms with Crippen LogP contribution in [-0.4, -0.2) is 21.8 Å². The molecule has 0 aliphatic carbocycles. The minimum Gasteiger partial charge on any atom is -0.492 e. The molecule has 21 heavy (non-hydrogen) atoms. The van der Waals surface area contributed by atoms with Crippen LogP contribution in [0, 0.1) is 0 Å². The maximum absolute atomic E-state index is 11.8. The summed E-state index contributed by atoms with van der Waals surface area (Å²) in [6, 6.07) is 9.27. The Morgan fingerprint density at radius 1 is 1.19 bits per heavy atom. The zero-order chi connectivity index (χ0) is 14.7. The number of nitrogens with zero attached hydrogens (tertiary/aromatic N) is 2. The van der Waals surface area contributed by atoms with E-state index in [0.717, 1.165) is 17.4 Å². The Hall–Kier alpha value is -2.69. The van der Waals surface area contributed by atoms with Crippen molar-refractivity contribution in [3.8, 4) is 17.0 Å². The fraction of sp³-hybridized carbons (Fsp3) is 0.188. The fourth-order valence-electron chi connectivity index (χ4n) is 2.18. The van der Waals surface area contributed by atoms with Gasteiger partial charge in [-0.2, -0.15) is 5.10 Å². The van der Waals surface area contributed by atoms with E-state index in [9.17, 15) is 4.79 Å². The summed E-state index contributed by atoms with van der Waals surface area (Å²) in [5.74, 6) is 0.700. The second-order valence-electron chi connectivity index (χ2n) is 4.70. The molecule has 0 saturated carbocycles. The Labute approximate surface area is 121 Å². The van der Waals surface area contributed by atoms with E-state index in [-0.39, 0.29) is 5.56 Å². The van der Waals surface area contributed by atoms with E-state index >= 15 is 0 Å². The molecule has 0 atom stereocenters. The molecule has 0 radical (unpaired) electrons. The molecule has 1 aromatic carbocycles. The van der Waals surface area contributed by atoms with E-state index in [1.807, 2.05) is 31.2 Å². The molecule has 0 fully saturated rings. The van der Waals surface area contributed by atoms with Crippen LogP contribution < -0.4 is 10.3 Å². The van der Waals surface area contributed by atoms with Crippen LogP contribution in [-0.2, 0) is 0 Å². The smallest absolute Gasteiger partial charge is 0.272 e. The molecule has 5 heteroatoms. The van der Waals surface area contributed by atoms with Crippen LogP contribution in [0.1, 0.15) is 13.3 Å². The molecule has 5 nitrogen and oxygen atoms in total. The third kappa shape index (κ3) is 2.63. The molecule has 0 amide bonds. The summed E-state index contributed by atoms with van der Waals surface area (Å²) in [7, 11) is 0. The lowest BCUT2D eigenvalue weighted by atomic mass is 10.1. The summed E-state index contributed by atoms with van der Waals surface area (Å²) >= 11 is 0. The summed E-state index contributed by atoms with van der Waals surface area (Å²) in [6.07, 6.45) is 4.32. The molecule has 3 rings (SSSR count). The number of hydrogen-bond acceptors (Lipinski definition) is 4. The van der Waals surface area contributed by atoms with Gasteiger partial charge in [-0.05, 0) is 18.6 Å². The first-order valence-electron chi connectivity index (χ1n) is 6.85. The predicted octanol–water partition coefficient (Wildman–Crippen LogP) is 2.77. The molecule has 2 heterocycles. The number of ether oxygens (including phenoxy) is 1. The van der Waals surface area contributed by atoms with Crippen LogP contribution in [0.15, 0.2) is 47.5 Å². The normalized spacial score (nSPS) is 10.7. The number of fused-ring (bicyclic) bond motifs is 1. The van der Waals surface area contributed by atoms with Crippen molar-refractivity contribution in [2.45, 2.75) is 13.3 Å². The maximum atomic E-state index is 11.8. The number of aromatic amines is 1. The van der Waals surface area contributed by atoms with Gasteiger partial charge >= 0.3 is 0 Å². The lowest BCUT2D eigenvalue weighted by Gasteiger charge is -2.07. The zero-order valence-electron chi connectivity index (χ0n) is 11.7. The molecule has 3 aromatic rings. The highest BCUT2D eigenvalue weighted by molar-refractivity contribution is 5.93. The molecule has 0 spiro atoms. The monoisotopic (exact) mass is 281 g/mol. The maximum Gasteiger partial charge on any atom is 0.272 e. The number of H-pyrrole nitrogens is 1. The first kappa shape index (κ1) is 13.3. The second-order valence-corrected chi connectivity index (χ2v) is 4.70. The third-order valence-corrected chi connectivity index (χ3v) is 3.16. The van der Waals surface area contributed by atoms with Crippen molar-refractivity contribution in [2.75, 3.05) is 6.61 Å². The topological polar surface area (TPSA) is 67.9 Å². The Morgan fingerprint density at radius 2 is 2.00 bits per heavy atom. The van der Waals surface area contributed by atoms with Crippen molar-refractivity contribution < 1.29 is 4.74 Å². The Morgan fingerprint density at radius 3 is 2.81 bits per heavy atom. The van der Waals surface area contributed by atoms with Gasteiger partial charge in [0.2, 0.25) is 0 Å². The van der Waals surface area contributed by atoms with Crippen molar-refractivity contribution in [1.29, 1.82) is 0 Å². The van der Waals surface area contributed by atoms with E-state index in [4.69, 9.17) is 4.74 Å². The summed E-state index contributed by atoms with van der Waals surface area (Å²) in [5, 5.41) is 8.11. The zero-order valence-corrected chi connectivity index (χ0v) is 11.7. The van der Waals surface area contributed by atoms with E-state index in [1.165, 1.54) is 0 Å². The molecular weight excluding hydrogens is 266 g/mol. The first-order valence-corrected chi connectivity index (χ1v) is 6.85. The van der Waals surface area contributed by atoms with E-state index in [1.54, 1.807) is 18.5 Å². The van der Waals surface area contributed by atoms with Crippen LogP contribution >= 0.6 is 0 Å². The number of nitrogens with one attached hydrogen (secondary N) is 1. The first-order chi connectivity index (χ1) is 10.3. The molecule has 0 aliphatic rings. The van der Waals surface area contributed by atoms with E-state index in [2.05, 4.69) is 15.2 Å². The summed E-state index contributed by atoms with van der Waals surface area (Å²) in [4.78, 5) is 16.0. The van der Waals surface area contributed by atoms with Gasteiger partial charge in [-0.15, -0.1) is 0 Å². The summed E-state index contributed by atoms with van der Waals surface area (Å²) in [6.45, 7) is 2.69. The van der Waals surface area contributed by atoms with Gasteiger partial charge in [0.05, 0.1) is 18.2 Å². The number of pyridine rings is 1. The van der Waals surface area contributed by atoms with Crippen LogP contribution in [0.5, 0.6) is 5.75 Å². The van der Waals surface area contributed by atoms with Crippen LogP contribution in [0.4, 0.5) is 0 Å². The van der Waals surface area contributed by atoms with Gasteiger partial charge in [-0.3, -0.25) is 9.78 Å². The summed E-state index contributed by atoms with van der Waals surface area (Å²) in [5.41, 5.74) is 1.32. The molecule has 106 valence electrons. The highest BCUT2D eigenvalue weighted by Crippen LogP contribution is 2.26. The molecular formula is C16H15N3O2. The molecule has 0 saturated heterocycles.